The second-order valence-corrected chi connectivity index (χ2v) is 8.78. The maximum Gasteiger partial charge on any atom is 0.250 e. The van der Waals surface area contributed by atoms with Gasteiger partial charge in [-0.2, -0.15) is 5.10 Å². The molecule has 0 aliphatic heterocycles. The van der Waals surface area contributed by atoms with E-state index in [2.05, 4.69) is 43.2 Å². The second-order valence-electron chi connectivity index (χ2n) is 6.92. The highest BCUT2D eigenvalue weighted by Gasteiger charge is 2.13. The molecule has 0 atom stereocenters. The molecule has 8 heteroatoms. The Balaban J connectivity index is 1.44. The number of amides is 1. The first-order valence-corrected chi connectivity index (χ1v) is 11.7. The fraction of sp³-hybridized carbons (Fsp3) is 0.125. The van der Waals surface area contributed by atoms with E-state index in [1.54, 1.807) is 13.3 Å². The molecule has 0 saturated carbocycles. The van der Waals surface area contributed by atoms with Crippen LogP contribution in [0, 0.1) is 0 Å². The smallest absolute Gasteiger partial charge is 0.250 e. The molecule has 0 unspecified atom stereocenters. The minimum absolute atomic E-state index is 0.199. The lowest BCUT2D eigenvalue weighted by Gasteiger charge is -2.09. The van der Waals surface area contributed by atoms with E-state index < -0.39 is 0 Å². The van der Waals surface area contributed by atoms with Gasteiger partial charge in [-0.15, -0.1) is 0 Å². The van der Waals surface area contributed by atoms with E-state index in [1.165, 1.54) is 17.3 Å². The van der Waals surface area contributed by atoms with Crippen LogP contribution in [0.25, 0.3) is 11.0 Å². The molecule has 0 saturated heterocycles. The maximum absolute atomic E-state index is 12.4. The van der Waals surface area contributed by atoms with Gasteiger partial charge in [0.15, 0.2) is 5.16 Å². The van der Waals surface area contributed by atoms with Gasteiger partial charge < -0.3 is 9.30 Å². The van der Waals surface area contributed by atoms with Crippen LogP contribution in [0.5, 0.6) is 5.75 Å². The van der Waals surface area contributed by atoms with Gasteiger partial charge in [0.25, 0.3) is 5.91 Å². The molecule has 1 heterocycles. The van der Waals surface area contributed by atoms with Crippen molar-refractivity contribution in [1.29, 1.82) is 0 Å². The fourth-order valence-corrected chi connectivity index (χ4v) is 4.41. The second kappa shape index (κ2) is 10.5. The Kier molecular flexibility index (Phi) is 7.24. The molecule has 0 bridgehead atoms. The number of para-hydroxylation sites is 2. The third-order valence-corrected chi connectivity index (χ3v) is 6.19. The van der Waals surface area contributed by atoms with E-state index in [4.69, 9.17) is 9.72 Å². The number of nitrogens with zero attached hydrogens (tertiary/aromatic N) is 3. The van der Waals surface area contributed by atoms with Crippen molar-refractivity contribution in [2.45, 2.75) is 11.7 Å². The minimum atomic E-state index is -0.210. The number of nitrogens with one attached hydrogen (secondary N) is 1. The van der Waals surface area contributed by atoms with Gasteiger partial charge in [-0.3, -0.25) is 4.79 Å². The lowest BCUT2D eigenvalue weighted by atomic mass is 10.2. The lowest BCUT2D eigenvalue weighted by Crippen LogP contribution is -2.20. The summed E-state index contributed by atoms with van der Waals surface area (Å²) in [7, 11) is 1.59. The van der Waals surface area contributed by atoms with Crippen LogP contribution in [0.2, 0.25) is 0 Å². The van der Waals surface area contributed by atoms with E-state index in [-0.39, 0.29) is 11.7 Å². The predicted molar refractivity (Wildman–Crippen MR) is 132 cm³/mol. The number of benzene rings is 3. The topological polar surface area (TPSA) is 68.5 Å². The van der Waals surface area contributed by atoms with Gasteiger partial charge in [-0.1, -0.05) is 70.2 Å². The summed E-state index contributed by atoms with van der Waals surface area (Å²) in [6.45, 7) is 0.687. The van der Waals surface area contributed by atoms with Gasteiger partial charge in [0, 0.05) is 10.0 Å². The summed E-state index contributed by atoms with van der Waals surface area (Å²) < 4.78 is 8.35. The van der Waals surface area contributed by atoms with Crippen molar-refractivity contribution in [3.63, 3.8) is 0 Å². The number of methoxy groups -OCH3 is 1. The molecule has 0 fully saturated rings. The number of hydrogen-bond acceptors (Lipinski definition) is 5. The van der Waals surface area contributed by atoms with Crippen LogP contribution in [0.15, 0.2) is 87.5 Å². The Labute approximate surface area is 198 Å². The van der Waals surface area contributed by atoms with Gasteiger partial charge in [-0.25, -0.2) is 10.4 Å². The van der Waals surface area contributed by atoms with Crippen LogP contribution in [-0.4, -0.2) is 34.5 Å². The van der Waals surface area contributed by atoms with Crippen molar-refractivity contribution in [3.05, 3.63) is 88.4 Å². The number of hydrogen-bond donors (Lipinski definition) is 1. The SMILES string of the molecule is COc1ccc(Br)cc1C=NNC(=O)CSc1nc2ccccc2n1Cc1ccccc1. The molecule has 1 amide bonds. The summed E-state index contributed by atoms with van der Waals surface area (Å²) >= 11 is 4.81. The molecule has 162 valence electrons. The van der Waals surface area contributed by atoms with Crippen molar-refractivity contribution in [2.24, 2.45) is 5.10 Å². The number of ether oxygens (including phenoxy) is 1. The largest absolute Gasteiger partial charge is 0.496 e. The van der Waals surface area contributed by atoms with Gasteiger partial charge >= 0.3 is 0 Å². The summed E-state index contributed by atoms with van der Waals surface area (Å²) in [6.07, 6.45) is 1.57. The van der Waals surface area contributed by atoms with E-state index >= 15 is 0 Å². The molecule has 1 N–H and O–H groups in total. The molecule has 3 aromatic carbocycles. The zero-order valence-corrected chi connectivity index (χ0v) is 19.8. The normalized spacial score (nSPS) is 11.2. The number of halogens is 1. The Hall–Kier alpha value is -3.10. The predicted octanol–water partition coefficient (Wildman–Crippen LogP) is 5.10. The van der Waals surface area contributed by atoms with Crippen LogP contribution in [0.1, 0.15) is 11.1 Å². The van der Waals surface area contributed by atoms with Crippen LogP contribution in [0.4, 0.5) is 0 Å². The summed E-state index contributed by atoms with van der Waals surface area (Å²) in [5, 5.41) is 4.86. The van der Waals surface area contributed by atoms with Crippen LogP contribution >= 0.6 is 27.7 Å². The van der Waals surface area contributed by atoms with Crippen LogP contribution in [0.3, 0.4) is 0 Å². The van der Waals surface area contributed by atoms with E-state index in [0.717, 1.165) is 26.2 Å². The number of imidazole rings is 1. The lowest BCUT2D eigenvalue weighted by molar-refractivity contribution is -0.118. The van der Waals surface area contributed by atoms with Crippen molar-refractivity contribution >= 4 is 50.8 Å². The Morgan fingerprint density at radius 3 is 2.75 bits per heavy atom. The highest BCUT2D eigenvalue weighted by atomic mass is 79.9. The van der Waals surface area contributed by atoms with E-state index in [0.29, 0.717) is 12.3 Å². The molecule has 0 radical (unpaired) electrons. The van der Waals surface area contributed by atoms with Gasteiger partial charge in [0.2, 0.25) is 0 Å². The number of carbonyl (C=O) groups is 1. The van der Waals surface area contributed by atoms with Crippen LogP contribution in [-0.2, 0) is 11.3 Å². The summed E-state index contributed by atoms with van der Waals surface area (Å²) in [5.74, 6) is 0.666. The fourth-order valence-electron chi connectivity index (χ4n) is 3.22. The third-order valence-electron chi connectivity index (χ3n) is 4.72. The molecular weight excluding hydrogens is 488 g/mol. The zero-order valence-electron chi connectivity index (χ0n) is 17.4. The average Bonchev–Trinajstić information content (AvgIpc) is 3.16. The third kappa shape index (κ3) is 5.38. The number of carbonyl (C=O) groups excluding carboxylic acids is 1. The molecule has 0 aliphatic rings. The molecule has 0 aliphatic carbocycles. The first-order valence-electron chi connectivity index (χ1n) is 9.91. The van der Waals surface area contributed by atoms with E-state index in [9.17, 15) is 4.79 Å². The first-order chi connectivity index (χ1) is 15.6. The molecule has 4 rings (SSSR count). The molecular formula is C24H21BrN4O2S. The molecule has 6 nitrogen and oxygen atoms in total. The number of fused-ring (bicyclic) bond motifs is 1. The zero-order chi connectivity index (χ0) is 22.3. The van der Waals surface area contributed by atoms with Crippen molar-refractivity contribution in [2.75, 3.05) is 12.9 Å². The molecule has 4 aromatic rings. The molecule has 32 heavy (non-hydrogen) atoms. The maximum atomic E-state index is 12.4. The first kappa shape index (κ1) is 22.1. The van der Waals surface area contributed by atoms with Crippen molar-refractivity contribution in [3.8, 4) is 5.75 Å². The number of rotatable bonds is 8. The highest BCUT2D eigenvalue weighted by Crippen LogP contribution is 2.25. The Bertz CT molecular complexity index is 1260. The van der Waals surface area contributed by atoms with Gasteiger partial charge in [0.1, 0.15) is 5.75 Å². The highest BCUT2D eigenvalue weighted by molar-refractivity contribution is 9.10. The van der Waals surface area contributed by atoms with E-state index in [1.807, 2.05) is 60.7 Å². The number of hydrazone groups is 1. The van der Waals surface area contributed by atoms with Crippen LogP contribution < -0.4 is 10.2 Å². The quantitative estimate of drug-likeness (QED) is 0.204. The Morgan fingerprint density at radius 1 is 1.16 bits per heavy atom. The molecule has 0 spiro atoms. The minimum Gasteiger partial charge on any atom is -0.496 e. The van der Waals surface area contributed by atoms with Gasteiger partial charge in [0.05, 0.1) is 36.7 Å². The Morgan fingerprint density at radius 2 is 1.94 bits per heavy atom. The van der Waals surface area contributed by atoms with Crippen molar-refractivity contribution < 1.29 is 9.53 Å². The summed E-state index contributed by atoms with van der Waals surface area (Å²) in [6, 6.07) is 23.8. The number of aromatic nitrogens is 2. The number of thioether (sulfide) groups is 1. The van der Waals surface area contributed by atoms with Crippen molar-refractivity contribution in [1.82, 2.24) is 15.0 Å². The summed E-state index contributed by atoms with van der Waals surface area (Å²) in [4.78, 5) is 17.1. The standard InChI is InChI=1S/C24H21BrN4O2S/c1-31-22-12-11-19(25)13-18(22)14-26-28-23(30)16-32-24-27-20-9-5-6-10-21(20)29(24)15-17-7-3-2-4-8-17/h2-14H,15-16H2,1H3,(H,28,30). The average molecular weight is 509 g/mol. The molecule has 1 aromatic heterocycles. The monoisotopic (exact) mass is 508 g/mol. The van der Waals surface area contributed by atoms with Gasteiger partial charge in [-0.05, 0) is 35.9 Å². The summed E-state index contributed by atoms with van der Waals surface area (Å²) in [5.41, 5.74) is 6.46.